The van der Waals surface area contributed by atoms with Gasteiger partial charge in [-0.2, -0.15) is 0 Å². The highest BCUT2D eigenvalue weighted by Gasteiger charge is 2.26. The summed E-state index contributed by atoms with van der Waals surface area (Å²) in [5.41, 5.74) is -1.37. The first kappa shape index (κ1) is 20.0. The van der Waals surface area contributed by atoms with Crippen molar-refractivity contribution in [2.75, 3.05) is 13.7 Å². The number of methoxy groups -OCH3 is 1. The largest absolute Gasteiger partial charge is 0.467 e. The highest BCUT2D eigenvalue weighted by molar-refractivity contribution is 5.82. The minimum absolute atomic E-state index is 0.180. The monoisotopic (exact) mass is 318 g/mol. The summed E-state index contributed by atoms with van der Waals surface area (Å²) in [6.45, 7) is 10.0. The molecule has 0 rings (SSSR count). The summed E-state index contributed by atoms with van der Waals surface area (Å²) < 4.78 is 14.7. The molecule has 0 aliphatic carbocycles. The van der Waals surface area contributed by atoms with Crippen molar-refractivity contribution in [1.29, 1.82) is 0 Å². The molecule has 0 heterocycles. The van der Waals surface area contributed by atoms with Crippen molar-refractivity contribution in [1.82, 2.24) is 10.6 Å². The summed E-state index contributed by atoms with van der Waals surface area (Å²) in [4.78, 5) is 34.9. The Balaban J connectivity index is 4.57. The van der Waals surface area contributed by atoms with Gasteiger partial charge in [-0.05, 0) is 41.5 Å². The Morgan fingerprint density at radius 2 is 1.36 bits per heavy atom. The fourth-order valence-electron chi connectivity index (χ4n) is 1.28. The first-order valence-corrected chi connectivity index (χ1v) is 6.88. The number of hydrogen-bond donors (Lipinski definition) is 2. The van der Waals surface area contributed by atoms with Crippen molar-refractivity contribution in [2.24, 2.45) is 0 Å². The van der Waals surface area contributed by atoms with Gasteiger partial charge < -0.3 is 24.8 Å². The average molecular weight is 318 g/mol. The van der Waals surface area contributed by atoms with Gasteiger partial charge in [-0.25, -0.2) is 14.4 Å². The predicted molar refractivity (Wildman–Crippen MR) is 79.4 cm³/mol. The van der Waals surface area contributed by atoms with E-state index in [0.29, 0.717) is 0 Å². The van der Waals surface area contributed by atoms with Gasteiger partial charge in [0.25, 0.3) is 0 Å². The molecule has 128 valence electrons. The molecule has 0 aromatic heterocycles. The molecule has 0 fully saturated rings. The lowest BCUT2D eigenvalue weighted by Gasteiger charge is -2.23. The molecule has 0 aliphatic heterocycles. The van der Waals surface area contributed by atoms with E-state index in [-0.39, 0.29) is 6.54 Å². The number of hydrogen-bond acceptors (Lipinski definition) is 6. The maximum absolute atomic E-state index is 11.7. The topological polar surface area (TPSA) is 103 Å². The van der Waals surface area contributed by atoms with E-state index in [1.807, 2.05) is 0 Å². The zero-order chi connectivity index (χ0) is 17.6. The second-order valence-corrected chi connectivity index (χ2v) is 6.60. The fraction of sp³-hybridized carbons (Fsp3) is 0.786. The Morgan fingerprint density at radius 3 is 1.77 bits per heavy atom. The van der Waals surface area contributed by atoms with Gasteiger partial charge in [-0.3, -0.25) is 0 Å². The molecule has 0 aromatic carbocycles. The van der Waals surface area contributed by atoms with Crippen LogP contribution in [0.25, 0.3) is 0 Å². The normalized spacial score (nSPS) is 12.9. The number of ether oxygens (including phenoxy) is 3. The molecule has 0 aliphatic rings. The van der Waals surface area contributed by atoms with Crippen LogP contribution < -0.4 is 10.6 Å². The van der Waals surface area contributed by atoms with E-state index < -0.39 is 35.4 Å². The van der Waals surface area contributed by atoms with Gasteiger partial charge in [0.15, 0.2) is 0 Å². The van der Waals surface area contributed by atoms with E-state index in [1.165, 1.54) is 7.11 Å². The molecule has 0 unspecified atom stereocenters. The van der Waals surface area contributed by atoms with Gasteiger partial charge >= 0.3 is 18.2 Å². The highest BCUT2D eigenvalue weighted by Crippen LogP contribution is 2.08. The van der Waals surface area contributed by atoms with Crippen LogP contribution in [0, 0.1) is 0 Å². The number of esters is 1. The van der Waals surface area contributed by atoms with Crippen LogP contribution in [0.4, 0.5) is 9.59 Å². The summed E-state index contributed by atoms with van der Waals surface area (Å²) in [5.74, 6) is -0.707. The van der Waals surface area contributed by atoms with Crippen molar-refractivity contribution in [3.63, 3.8) is 0 Å². The molecule has 0 saturated carbocycles. The van der Waals surface area contributed by atoms with Gasteiger partial charge in [-0.15, -0.1) is 0 Å². The van der Waals surface area contributed by atoms with E-state index in [4.69, 9.17) is 9.47 Å². The SMILES string of the molecule is COC(=O)[C@@H](CNC(=O)OC(C)(C)C)NC(=O)OC(C)(C)C. The van der Waals surface area contributed by atoms with Crippen molar-refractivity contribution in [3.8, 4) is 0 Å². The first-order valence-electron chi connectivity index (χ1n) is 6.88. The van der Waals surface area contributed by atoms with Crippen LogP contribution in [-0.4, -0.2) is 49.1 Å². The lowest BCUT2D eigenvalue weighted by atomic mass is 10.2. The quantitative estimate of drug-likeness (QED) is 0.602. The molecule has 0 bridgehead atoms. The summed E-state index contributed by atoms with van der Waals surface area (Å²) >= 11 is 0. The van der Waals surface area contributed by atoms with Gasteiger partial charge in [-0.1, -0.05) is 0 Å². The van der Waals surface area contributed by atoms with E-state index in [2.05, 4.69) is 15.4 Å². The van der Waals surface area contributed by atoms with Crippen molar-refractivity contribution >= 4 is 18.2 Å². The predicted octanol–water partition coefficient (Wildman–Crippen LogP) is 1.58. The van der Waals surface area contributed by atoms with Crippen molar-refractivity contribution in [3.05, 3.63) is 0 Å². The molecule has 8 heteroatoms. The molecule has 0 aromatic rings. The summed E-state index contributed by atoms with van der Waals surface area (Å²) in [7, 11) is 1.18. The third kappa shape index (κ3) is 9.84. The molecular formula is C14H26N2O6. The van der Waals surface area contributed by atoms with Crippen molar-refractivity contribution < 1.29 is 28.6 Å². The van der Waals surface area contributed by atoms with Crippen LogP contribution in [0.15, 0.2) is 0 Å². The van der Waals surface area contributed by atoms with Gasteiger partial charge in [0.1, 0.15) is 17.2 Å². The molecule has 1 atom stereocenters. The molecule has 2 N–H and O–H groups in total. The smallest absolute Gasteiger partial charge is 0.408 e. The van der Waals surface area contributed by atoms with Crippen LogP contribution in [0.1, 0.15) is 41.5 Å². The van der Waals surface area contributed by atoms with E-state index in [0.717, 1.165) is 0 Å². The maximum atomic E-state index is 11.7. The zero-order valence-corrected chi connectivity index (χ0v) is 14.2. The second kappa shape index (κ2) is 7.86. The minimum Gasteiger partial charge on any atom is -0.467 e. The Morgan fingerprint density at radius 1 is 0.909 bits per heavy atom. The standard InChI is InChI=1S/C14H26N2O6/c1-13(2,3)21-11(18)15-8-9(10(17)20-7)16-12(19)22-14(4,5)6/h9H,8H2,1-7H3,(H,15,18)(H,16,19)/t9-/m1/s1. The van der Waals surface area contributed by atoms with Crippen LogP contribution in [0.2, 0.25) is 0 Å². The Kier molecular flexibility index (Phi) is 7.15. The number of rotatable bonds is 4. The number of alkyl carbamates (subject to hydrolysis) is 2. The van der Waals surface area contributed by atoms with E-state index in [1.54, 1.807) is 41.5 Å². The highest BCUT2D eigenvalue weighted by atomic mass is 16.6. The summed E-state index contributed by atoms with van der Waals surface area (Å²) in [5, 5.41) is 4.73. The van der Waals surface area contributed by atoms with E-state index in [9.17, 15) is 14.4 Å². The first-order chi connectivity index (χ1) is 9.84. The number of carbonyl (C=O) groups excluding carboxylic acids is 3. The Hall–Kier alpha value is -1.99. The van der Waals surface area contributed by atoms with Gasteiger partial charge in [0, 0.05) is 0 Å². The Bertz CT molecular complexity index is 409. The number of carbonyl (C=O) groups is 3. The molecular weight excluding hydrogens is 292 g/mol. The molecule has 2 amide bonds. The zero-order valence-electron chi connectivity index (χ0n) is 14.2. The van der Waals surface area contributed by atoms with Gasteiger partial charge in [0.05, 0.1) is 13.7 Å². The summed E-state index contributed by atoms with van der Waals surface area (Å²) in [6.07, 6.45) is -1.48. The number of nitrogens with one attached hydrogen (secondary N) is 2. The van der Waals surface area contributed by atoms with Crippen molar-refractivity contribution in [2.45, 2.75) is 58.8 Å². The molecule has 0 radical (unpaired) electrons. The van der Waals surface area contributed by atoms with Crippen LogP contribution in [0.3, 0.4) is 0 Å². The Labute approximate surface area is 130 Å². The van der Waals surface area contributed by atoms with Crippen LogP contribution >= 0.6 is 0 Å². The van der Waals surface area contributed by atoms with E-state index >= 15 is 0 Å². The molecule has 8 nitrogen and oxygen atoms in total. The molecule has 22 heavy (non-hydrogen) atoms. The lowest BCUT2D eigenvalue weighted by Crippen LogP contribution is -2.50. The third-order valence-electron chi connectivity index (χ3n) is 2.03. The van der Waals surface area contributed by atoms with Crippen LogP contribution in [-0.2, 0) is 19.0 Å². The van der Waals surface area contributed by atoms with Gasteiger partial charge in [0.2, 0.25) is 0 Å². The lowest BCUT2D eigenvalue weighted by molar-refractivity contribution is -0.142. The number of amides is 2. The second-order valence-electron chi connectivity index (χ2n) is 6.60. The van der Waals surface area contributed by atoms with Crippen LogP contribution in [0.5, 0.6) is 0 Å². The average Bonchev–Trinajstić information content (AvgIpc) is 2.28. The maximum Gasteiger partial charge on any atom is 0.408 e. The molecule has 0 spiro atoms. The summed E-state index contributed by atoms with van der Waals surface area (Å²) in [6, 6.07) is -1.08. The fourth-order valence-corrected chi connectivity index (χ4v) is 1.28. The minimum atomic E-state index is -1.08. The third-order valence-corrected chi connectivity index (χ3v) is 2.03. The molecule has 0 saturated heterocycles.